The molecule has 0 unspecified atom stereocenters. The first kappa shape index (κ1) is 24.4. The third kappa shape index (κ3) is 4.76. The van der Waals surface area contributed by atoms with Crippen LogP contribution >= 0.6 is 0 Å². The molecular formula is C30H31N7. The van der Waals surface area contributed by atoms with Gasteiger partial charge in [0.1, 0.15) is 5.65 Å². The van der Waals surface area contributed by atoms with Crippen molar-refractivity contribution >= 4 is 23.5 Å². The molecule has 5 rings (SSSR count). The molecule has 1 aliphatic heterocycles. The molecule has 7 heteroatoms. The number of hydrogen-bond acceptors (Lipinski definition) is 6. The van der Waals surface area contributed by atoms with E-state index < -0.39 is 0 Å². The van der Waals surface area contributed by atoms with E-state index >= 15 is 0 Å². The fraction of sp³-hybridized carbons (Fsp3) is 0.267. The number of piperidine rings is 1. The van der Waals surface area contributed by atoms with Crippen molar-refractivity contribution in [3.63, 3.8) is 0 Å². The van der Waals surface area contributed by atoms with E-state index in [0.717, 1.165) is 71.2 Å². The second kappa shape index (κ2) is 10.4. The van der Waals surface area contributed by atoms with Crippen LogP contribution in [0.1, 0.15) is 24.0 Å². The molecule has 0 radical (unpaired) electrons. The fourth-order valence-electron chi connectivity index (χ4n) is 4.99. The Bertz CT molecular complexity index is 1500. The van der Waals surface area contributed by atoms with Gasteiger partial charge in [0.2, 0.25) is 5.95 Å². The van der Waals surface area contributed by atoms with Crippen LogP contribution in [0.5, 0.6) is 0 Å². The van der Waals surface area contributed by atoms with E-state index in [-0.39, 0.29) is 0 Å². The average molecular weight is 490 g/mol. The summed E-state index contributed by atoms with van der Waals surface area (Å²) < 4.78 is 2.10. The number of allylic oxidation sites excluding steroid dienone is 1. The third-order valence-electron chi connectivity index (χ3n) is 7.11. The summed E-state index contributed by atoms with van der Waals surface area (Å²) in [6.07, 6.45) is 9.38. The molecule has 2 aromatic heterocycles. The van der Waals surface area contributed by atoms with Crippen LogP contribution in [0.15, 0.2) is 72.5 Å². The van der Waals surface area contributed by atoms with Crippen molar-refractivity contribution in [2.75, 3.05) is 32.1 Å². The zero-order chi connectivity index (χ0) is 25.9. The maximum atomic E-state index is 9.34. The Balaban J connectivity index is 1.71. The molecule has 1 fully saturated rings. The summed E-state index contributed by atoms with van der Waals surface area (Å²) in [7, 11) is 4.30. The van der Waals surface area contributed by atoms with Gasteiger partial charge < -0.3 is 9.80 Å². The molecule has 7 nitrogen and oxygen atoms in total. The van der Waals surface area contributed by atoms with E-state index in [1.165, 1.54) is 0 Å². The number of aliphatic imine (C=N–C) groups is 1. The summed E-state index contributed by atoms with van der Waals surface area (Å²) in [5, 5.41) is 9.34. The van der Waals surface area contributed by atoms with Crippen LogP contribution in [0, 0.1) is 18.3 Å². The molecule has 0 amide bonds. The SMILES string of the molecule is C=CC=Nc1cc(-c2c(-c3ccc(C#N)cc3)nc(N3CCC(N(C)C)CC3)n3ccnc23)ccc1C. The smallest absolute Gasteiger partial charge is 0.211 e. The Labute approximate surface area is 218 Å². The van der Waals surface area contributed by atoms with Crippen LogP contribution in [0.4, 0.5) is 11.6 Å². The Hall–Kier alpha value is -4.28. The first-order chi connectivity index (χ1) is 18.0. The number of benzene rings is 2. The largest absolute Gasteiger partial charge is 0.342 e. The topological polar surface area (TPSA) is 72.8 Å². The molecule has 0 saturated carbocycles. The van der Waals surface area contributed by atoms with Crippen LogP contribution in [-0.2, 0) is 0 Å². The van der Waals surface area contributed by atoms with Crippen molar-refractivity contribution in [2.45, 2.75) is 25.8 Å². The van der Waals surface area contributed by atoms with Crippen LogP contribution in [0.3, 0.4) is 0 Å². The highest BCUT2D eigenvalue weighted by Gasteiger charge is 2.26. The average Bonchev–Trinajstić information content (AvgIpc) is 3.42. The number of anilines is 1. The number of hydrogen-bond donors (Lipinski definition) is 0. The highest BCUT2D eigenvalue weighted by molar-refractivity contribution is 5.92. The van der Waals surface area contributed by atoms with E-state index in [1.54, 1.807) is 12.3 Å². The number of imidazole rings is 1. The van der Waals surface area contributed by atoms with Gasteiger partial charge in [-0.2, -0.15) is 5.26 Å². The Morgan fingerprint density at radius 1 is 1.11 bits per heavy atom. The van der Waals surface area contributed by atoms with Crippen LogP contribution in [0.25, 0.3) is 28.0 Å². The van der Waals surface area contributed by atoms with E-state index in [1.807, 2.05) is 43.6 Å². The number of fused-ring (bicyclic) bond motifs is 1. The molecule has 1 aliphatic rings. The zero-order valence-corrected chi connectivity index (χ0v) is 21.6. The van der Waals surface area contributed by atoms with Gasteiger partial charge in [0.15, 0.2) is 0 Å². The molecule has 3 heterocycles. The van der Waals surface area contributed by atoms with Gasteiger partial charge in [-0.3, -0.25) is 9.39 Å². The van der Waals surface area contributed by atoms with Crippen molar-refractivity contribution in [3.8, 4) is 28.5 Å². The maximum Gasteiger partial charge on any atom is 0.211 e. The van der Waals surface area contributed by atoms with Crippen molar-refractivity contribution in [1.29, 1.82) is 5.26 Å². The molecule has 4 aromatic rings. The van der Waals surface area contributed by atoms with Crippen molar-refractivity contribution in [2.24, 2.45) is 4.99 Å². The number of aromatic nitrogens is 3. The predicted octanol–water partition coefficient (Wildman–Crippen LogP) is 5.66. The molecule has 0 aliphatic carbocycles. The molecular weight excluding hydrogens is 458 g/mol. The normalized spacial score (nSPS) is 14.5. The summed E-state index contributed by atoms with van der Waals surface area (Å²) in [6.45, 7) is 7.66. The van der Waals surface area contributed by atoms with E-state index in [0.29, 0.717) is 11.6 Å². The second-order valence-electron chi connectivity index (χ2n) is 9.64. The maximum absolute atomic E-state index is 9.34. The minimum atomic E-state index is 0.578. The summed E-state index contributed by atoms with van der Waals surface area (Å²) in [5.74, 6) is 0.893. The van der Waals surface area contributed by atoms with E-state index in [9.17, 15) is 5.26 Å². The predicted molar refractivity (Wildman–Crippen MR) is 151 cm³/mol. The fourth-order valence-corrected chi connectivity index (χ4v) is 4.99. The van der Waals surface area contributed by atoms with Crippen molar-refractivity contribution < 1.29 is 0 Å². The van der Waals surface area contributed by atoms with Gasteiger partial charge in [0.25, 0.3) is 0 Å². The van der Waals surface area contributed by atoms with Crippen LogP contribution < -0.4 is 4.90 Å². The number of nitriles is 1. The van der Waals surface area contributed by atoms with E-state index in [4.69, 9.17) is 9.97 Å². The Morgan fingerprint density at radius 2 is 1.84 bits per heavy atom. The lowest BCUT2D eigenvalue weighted by Gasteiger charge is -2.36. The van der Waals surface area contributed by atoms with Gasteiger partial charge >= 0.3 is 0 Å². The van der Waals surface area contributed by atoms with Gasteiger partial charge in [0, 0.05) is 43.3 Å². The Morgan fingerprint density at radius 3 is 2.51 bits per heavy atom. The molecule has 186 valence electrons. The van der Waals surface area contributed by atoms with Crippen molar-refractivity contribution in [1.82, 2.24) is 19.3 Å². The first-order valence-corrected chi connectivity index (χ1v) is 12.5. The molecule has 0 bridgehead atoms. The monoisotopic (exact) mass is 489 g/mol. The van der Waals surface area contributed by atoms with Gasteiger partial charge in [0.05, 0.1) is 28.6 Å². The van der Waals surface area contributed by atoms with Gasteiger partial charge in [-0.05, 0) is 63.2 Å². The summed E-state index contributed by atoms with van der Waals surface area (Å²) in [6, 6.07) is 16.7. The highest BCUT2D eigenvalue weighted by Crippen LogP contribution is 2.38. The summed E-state index contributed by atoms with van der Waals surface area (Å²) >= 11 is 0. The van der Waals surface area contributed by atoms with Gasteiger partial charge in [-0.15, -0.1) is 0 Å². The number of aryl methyl sites for hydroxylation is 1. The lowest BCUT2D eigenvalue weighted by atomic mass is 9.97. The zero-order valence-electron chi connectivity index (χ0n) is 21.6. The van der Waals surface area contributed by atoms with Gasteiger partial charge in [-0.1, -0.05) is 36.9 Å². The number of nitrogens with zero attached hydrogens (tertiary/aromatic N) is 7. The molecule has 37 heavy (non-hydrogen) atoms. The quantitative estimate of drug-likeness (QED) is 0.327. The first-order valence-electron chi connectivity index (χ1n) is 12.5. The second-order valence-corrected chi connectivity index (χ2v) is 9.64. The lowest BCUT2D eigenvalue weighted by Crippen LogP contribution is -2.43. The van der Waals surface area contributed by atoms with Gasteiger partial charge in [-0.25, -0.2) is 9.97 Å². The van der Waals surface area contributed by atoms with Crippen LogP contribution in [0.2, 0.25) is 0 Å². The van der Waals surface area contributed by atoms with E-state index in [2.05, 4.69) is 64.1 Å². The Kier molecular flexibility index (Phi) is 6.85. The molecule has 0 atom stereocenters. The highest BCUT2D eigenvalue weighted by atomic mass is 15.3. The molecule has 0 spiro atoms. The molecule has 1 saturated heterocycles. The molecule has 0 N–H and O–H groups in total. The molecule has 2 aromatic carbocycles. The number of rotatable bonds is 6. The van der Waals surface area contributed by atoms with Crippen LogP contribution in [-0.4, -0.2) is 58.7 Å². The summed E-state index contributed by atoms with van der Waals surface area (Å²) in [5.41, 5.74) is 7.14. The minimum absolute atomic E-state index is 0.578. The summed E-state index contributed by atoms with van der Waals surface area (Å²) in [4.78, 5) is 19.3. The lowest BCUT2D eigenvalue weighted by molar-refractivity contribution is 0.249. The minimum Gasteiger partial charge on any atom is -0.342 e. The standard InChI is InChI=1S/C30H31N7/c1-5-14-32-26-19-24(9-6-21(26)2)27-28(23-10-7-22(20-31)8-11-23)34-30(37-18-15-33-29(27)37)36-16-12-25(13-17-36)35(3)4/h5-11,14-15,18-19,25H,1,12-13,16-17H2,2-4H3. The van der Waals surface area contributed by atoms with Crippen molar-refractivity contribution in [3.05, 3.63) is 78.6 Å². The third-order valence-corrected chi connectivity index (χ3v) is 7.11.